The number of hydrazine groups is 1. The molecule has 0 saturated carbocycles. The Balaban J connectivity index is 2.98. The maximum Gasteiger partial charge on any atom is 0.0318 e. The zero-order valence-electron chi connectivity index (χ0n) is 12.5. The summed E-state index contributed by atoms with van der Waals surface area (Å²) in [5, 5.41) is 0. The second kappa shape index (κ2) is 8.13. The second-order valence-corrected chi connectivity index (χ2v) is 5.40. The molecule has 0 saturated heterocycles. The van der Waals surface area contributed by atoms with E-state index >= 15 is 0 Å². The van der Waals surface area contributed by atoms with Crippen LogP contribution in [0.15, 0.2) is 42.5 Å². The Morgan fingerprint density at radius 2 is 1.89 bits per heavy atom. The Kier molecular flexibility index (Phi) is 6.82. The molecule has 0 bridgehead atoms. The smallest absolute Gasteiger partial charge is 0.0318 e. The van der Waals surface area contributed by atoms with Gasteiger partial charge in [0.1, 0.15) is 0 Å². The van der Waals surface area contributed by atoms with Gasteiger partial charge >= 0.3 is 0 Å². The predicted octanol–water partition coefficient (Wildman–Crippen LogP) is 4.00. The van der Waals surface area contributed by atoms with Crippen molar-refractivity contribution in [3.63, 3.8) is 0 Å². The minimum atomic E-state index is 0.254. The number of nitrogens with two attached hydrogens (primary N) is 1. The average molecular weight is 260 g/mol. The van der Waals surface area contributed by atoms with Crippen LogP contribution in [0.5, 0.6) is 0 Å². The molecule has 0 fully saturated rings. The number of rotatable bonds is 8. The minimum Gasteiger partial charge on any atom is -0.271 e. The highest BCUT2D eigenvalue weighted by Gasteiger charge is 2.26. The monoisotopic (exact) mass is 260 g/mol. The van der Waals surface area contributed by atoms with Crippen molar-refractivity contribution in [1.29, 1.82) is 0 Å². The number of hydrogen-bond donors (Lipinski definition) is 2. The van der Waals surface area contributed by atoms with Gasteiger partial charge in [0.25, 0.3) is 0 Å². The first-order valence-electron chi connectivity index (χ1n) is 7.31. The van der Waals surface area contributed by atoms with Gasteiger partial charge in [0.2, 0.25) is 0 Å². The lowest BCUT2D eigenvalue weighted by Crippen LogP contribution is -2.42. The van der Waals surface area contributed by atoms with Crippen LogP contribution in [-0.4, -0.2) is 6.04 Å². The fourth-order valence-corrected chi connectivity index (χ4v) is 2.63. The van der Waals surface area contributed by atoms with E-state index in [1.807, 2.05) is 0 Å². The van der Waals surface area contributed by atoms with Crippen molar-refractivity contribution in [2.45, 2.75) is 52.0 Å². The Bertz CT molecular complexity index is 372. The van der Waals surface area contributed by atoms with Crippen LogP contribution in [0.4, 0.5) is 0 Å². The van der Waals surface area contributed by atoms with E-state index in [0.29, 0.717) is 11.8 Å². The fraction of sp³-hybridized carbons (Fsp3) is 0.529. The van der Waals surface area contributed by atoms with E-state index in [2.05, 4.69) is 63.1 Å². The lowest BCUT2D eigenvalue weighted by molar-refractivity contribution is 0.334. The van der Waals surface area contributed by atoms with Crippen LogP contribution in [0.1, 0.15) is 51.5 Å². The van der Waals surface area contributed by atoms with E-state index in [9.17, 15) is 0 Å². The third kappa shape index (κ3) is 4.48. The van der Waals surface area contributed by atoms with Crippen molar-refractivity contribution in [2.75, 3.05) is 0 Å². The van der Waals surface area contributed by atoms with Crippen LogP contribution in [0.2, 0.25) is 0 Å². The zero-order valence-corrected chi connectivity index (χ0v) is 12.5. The molecule has 1 aromatic rings. The molecule has 106 valence electrons. The van der Waals surface area contributed by atoms with Crippen molar-refractivity contribution in [3.8, 4) is 0 Å². The van der Waals surface area contributed by atoms with Gasteiger partial charge in [-0.3, -0.25) is 11.3 Å². The molecule has 1 aromatic carbocycles. The van der Waals surface area contributed by atoms with Crippen LogP contribution in [0, 0.1) is 5.92 Å². The third-order valence-corrected chi connectivity index (χ3v) is 4.10. The van der Waals surface area contributed by atoms with E-state index in [0.717, 1.165) is 19.3 Å². The lowest BCUT2D eigenvalue weighted by atomic mass is 9.78. The Morgan fingerprint density at radius 1 is 1.26 bits per heavy atom. The summed E-state index contributed by atoms with van der Waals surface area (Å²) in [4.78, 5) is 0. The van der Waals surface area contributed by atoms with Crippen LogP contribution in [-0.2, 0) is 0 Å². The first-order valence-corrected chi connectivity index (χ1v) is 7.31. The number of hydrogen-bond acceptors (Lipinski definition) is 2. The molecule has 0 radical (unpaired) electrons. The number of nitrogens with one attached hydrogen (secondary N) is 1. The van der Waals surface area contributed by atoms with Crippen LogP contribution >= 0.6 is 0 Å². The van der Waals surface area contributed by atoms with Crippen molar-refractivity contribution >= 4 is 0 Å². The summed E-state index contributed by atoms with van der Waals surface area (Å²) in [6.07, 6.45) is 3.10. The molecule has 1 rings (SSSR count). The van der Waals surface area contributed by atoms with Crippen LogP contribution in [0.3, 0.4) is 0 Å². The molecule has 2 heteroatoms. The summed E-state index contributed by atoms with van der Waals surface area (Å²) in [5.74, 6) is 6.84. The maximum absolute atomic E-state index is 5.82. The summed E-state index contributed by atoms with van der Waals surface area (Å²) in [7, 11) is 0. The predicted molar refractivity (Wildman–Crippen MR) is 83.8 cm³/mol. The summed E-state index contributed by atoms with van der Waals surface area (Å²) < 4.78 is 0. The van der Waals surface area contributed by atoms with E-state index in [4.69, 9.17) is 5.84 Å². The normalized spacial score (nSPS) is 15.8. The first kappa shape index (κ1) is 15.9. The summed E-state index contributed by atoms with van der Waals surface area (Å²) in [6, 6.07) is 10.9. The molecule has 0 spiro atoms. The van der Waals surface area contributed by atoms with Crippen molar-refractivity contribution in [1.82, 2.24) is 5.43 Å². The van der Waals surface area contributed by atoms with Crippen molar-refractivity contribution in [3.05, 3.63) is 48.0 Å². The fourth-order valence-electron chi connectivity index (χ4n) is 2.63. The molecule has 0 aliphatic heterocycles. The van der Waals surface area contributed by atoms with Gasteiger partial charge in [-0.05, 0) is 24.3 Å². The third-order valence-electron chi connectivity index (χ3n) is 4.10. The molecule has 19 heavy (non-hydrogen) atoms. The van der Waals surface area contributed by atoms with Gasteiger partial charge in [-0.2, -0.15) is 0 Å². The van der Waals surface area contributed by atoms with E-state index < -0.39 is 0 Å². The first-order chi connectivity index (χ1) is 9.13. The quantitative estimate of drug-likeness (QED) is 0.421. The van der Waals surface area contributed by atoms with E-state index in [1.165, 1.54) is 11.1 Å². The molecule has 0 heterocycles. The Hall–Kier alpha value is -1.12. The largest absolute Gasteiger partial charge is 0.271 e. The summed E-state index contributed by atoms with van der Waals surface area (Å²) in [6.45, 7) is 10.8. The molecule has 3 unspecified atom stereocenters. The van der Waals surface area contributed by atoms with Crippen LogP contribution < -0.4 is 11.3 Å². The molecular weight excluding hydrogens is 232 g/mol. The minimum absolute atomic E-state index is 0.254. The van der Waals surface area contributed by atoms with Crippen molar-refractivity contribution < 1.29 is 0 Å². The second-order valence-electron chi connectivity index (χ2n) is 5.40. The van der Waals surface area contributed by atoms with Gasteiger partial charge in [-0.15, -0.1) is 0 Å². The highest BCUT2D eigenvalue weighted by atomic mass is 15.2. The van der Waals surface area contributed by atoms with Gasteiger partial charge < -0.3 is 0 Å². The average Bonchev–Trinajstić information content (AvgIpc) is 2.46. The highest BCUT2D eigenvalue weighted by molar-refractivity contribution is 5.23. The van der Waals surface area contributed by atoms with Crippen molar-refractivity contribution in [2.24, 2.45) is 11.8 Å². The highest BCUT2D eigenvalue weighted by Crippen LogP contribution is 2.32. The van der Waals surface area contributed by atoms with Gasteiger partial charge in [-0.25, -0.2) is 0 Å². The topological polar surface area (TPSA) is 38.0 Å². The molecular formula is C17H28N2. The van der Waals surface area contributed by atoms with Gasteiger partial charge in [0.15, 0.2) is 0 Å². The Labute approximate surface area is 118 Å². The maximum atomic E-state index is 5.82. The molecule has 0 aromatic heterocycles. The Morgan fingerprint density at radius 3 is 2.37 bits per heavy atom. The molecule has 2 nitrogen and oxygen atoms in total. The molecule has 0 aliphatic carbocycles. The van der Waals surface area contributed by atoms with Gasteiger partial charge in [-0.1, -0.05) is 69.7 Å². The van der Waals surface area contributed by atoms with Crippen LogP contribution in [0.25, 0.3) is 0 Å². The van der Waals surface area contributed by atoms with Gasteiger partial charge in [0, 0.05) is 12.0 Å². The molecule has 0 amide bonds. The number of benzene rings is 1. The molecule has 3 N–H and O–H groups in total. The standard InChI is InChI=1S/C17H28N2/c1-5-13(3)12-16(19-18)17(14(4)6-2)15-10-8-7-9-11-15/h7-11,14,16-17,19H,3,5-6,12,18H2,1-2,4H3. The lowest BCUT2D eigenvalue weighted by Gasteiger charge is -2.32. The zero-order chi connectivity index (χ0) is 14.3. The van der Waals surface area contributed by atoms with E-state index in [1.54, 1.807) is 0 Å². The summed E-state index contributed by atoms with van der Waals surface area (Å²) >= 11 is 0. The molecule has 3 atom stereocenters. The van der Waals surface area contributed by atoms with E-state index in [-0.39, 0.29) is 6.04 Å². The van der Waals surface area contributed by atoms with Gasteiger partial charge in [0.05, 0.1) is 0 Å². The summed E-state index contributed by atoms with van der Waals surface area (Å²) in [5.41, 5.74) is 5.64. The molecule has 0 aliphatic rings. The SMILES string of the molecule is C=C(CC)CC(NN)C(c1ccccc1)C(C)CC.